The lowest BCUT2D eigenvalue weighted by molar-refractivity contribution is -0.119. The molecular weight excluding hydrogens is 240 g/mol. The molecule has 1 N–H and O–H groups in total. The van der Waals surface area contributed by atoms with Gasteiger partial charge in [0.1, 0.15) is 0 Å². The lowest BCUT2D eigenvalue weighted by Crippen LogP contribution is -2.33. The van der Waals surface area contributed by atoms with Crippen LogP contribution in [0.15, 0.2) is 24.0 Å². The molecule has 0 saturated carbocycles. The molecule has 1 amide bonds. The first-order chi connectivity index (χ1) is 9.19. The average Bonchev–Trinajstić information content (AvgIpc) is 2.47. The quantitative estimate of drug-likeness (QED) is 0.840. The van der Waals surface area contributed by atoms with E-state index in [1.807, 2.05) is 6.07 Å². The predicted octanol–water partition coefficient (Wildman–Crippen LogP) is 2.00. The number of carbonyl (C=O) groups is 1. The van der Waals surface area contributed by atoms with Gasteiger partial charge in [-0.15, -0.1) is 0 Å². The highest BCUT2D eigenvalue weighted by molar-refractivity contribution is 5.61. The van der Waals surface area contributed by atoms with E-state index in [0.29, 0.717) is 18.8 Å². The van der Waals surface area contributed by atoms with Gasteiger partial charge in [-0.25, -0.2) is 0 Å². The normalized spacial score (nSPS) is 16.1. The Morgan fingerprint density at radius 1 is 1.26 bits per heavy atom. The highest BCUT2D eigenvalue weighted by atomic mass is 16.1. The molecule has 0 atom stereocenters. The second-order valence-corrected chi connectivity index (χ2v) is 4.75. The van der Waals surface area contributed by atoms with Gasteiger partial charge in [-0.2, -0.15) is 0 Å². The van der Waals surface area contributed by atoms with Crippen molar-refractivity contribution in [1.29, 1.82) is 0 Å². The summed E-state index contributed by atoms with van der Waals surface area (Å²) in [5, 5.41) is 0. The lowest BCUT2D eigenvalue weighted by atomic mass is 9.89. The number of nitrogens with one attached hydrogen (secondary N) is 1. The Morgan fingerprint density at radius 2 is 1.95 bits per heavy atom. The third kappa shape index (κ3) is 2.67. The van der Waals surface area contributed by atoms with Crippen molar-refractivity contribution in [2.24, 2.45) is 0 Å². The summed E-state index contributed by atoms with van der Waals surface area (Å²) in [4.78, 5) is 27.4. The van der Waals surface area contributed by atoms with Crippen LogP contribution in [0.1, 0.15) is 35.6 Å². The summed E-state index contributed by atoms with van der Waals surface area (Å²) in [7, 11) is 0. The van der Waals surface area contributed by atoms with Crippen molar-refractivity contribution in [3.05, 3.63) is 46.4 Å². The fraction of sp³-hybridized carbons (Fsp3) is 0.333. The van der Waals surface area contributed by atoms with Gasteiger partial charge in [0.2, 0.25) is 6.41 Å². The van der Waals surface area contributed by atoms with Gasteiger partial charge in [-0.1, -0.05) is 19.2 Å². The molecule has 1 aliphatic heterocycles. The van der Waals surface area contributed by atoms with Gasteiger partial charge in [-0.3, -0.25) is 9.59 Å². The molecule has 1 aliphatic rings. The zero-order valence-electron chi connectivity index (χ0n) is 10.9. The third-order valence-electron chi connectivity index (χ3n) is 3.67. The molecule has 19 heavy (non-hydrogen) atoms. The summed E-state index contributed by atoms with van der Waals surface area (Å²) in [6.07, 6.45) is 5.86. The van der Waals surface area contributed by atoms with Gasteiger partial charge in [-0.05, 0) is 36.5 Å². The van der Waals surface area contributed by atoms with Crippen LogP contribution in [-0.2, 0) is 4.79 Å². The summed E-state index contributed by atoms with van der Waals surface area (Å²) in [6, 6.07) is 1.89. The molecular formula is C15H18N2O2. The first-order valence-electron chi connectivity index (χ1n) is 6.41. The molecule has 1 saturated heterocycles. The number of aromatic amines is 1. The monoisotopic (exact) mass is 258 g/mol. The van der Waals surface area contributed by atoms with Crippen molar-refractivity contribution in [2.45, 2.75) is 18.8 Å². The molecule has 100 valence electrons. The van der Waals surface area contributed by atoms with Crippen molar-refractivity contribution in [3.63, 3.8) is 0 Å². The van der Waals surface area contributed by atoms with E-state index >= 15 is 0 Å². The van der Waals surface area contributed by atoms with E-state index in [-0.39, 0.29) is 11.5 Å². The number of hydrogen-bond donors (Lipinski definition) is 1. The minimum atomic E-state index is -0.0648. The van der Waals surface area contributed by atoms with Crippen LogP contribution in [0.4, 0.5) is 0 Å². The van der Waals surface area contributed by atoms with Crippen molar-refractivity contribution in [1.82, 2.24) is 9.88 Å². The number of pyridine rings is 1. The van der Waals surface area contributed by atoms with Gasteiger partial charge in [0.25, 0.3) is 5.56 Å². The summed E-state index contributed by atoms with van der Waals surface area (Å²) in [6.45, 7) is 8.85. The Kier molecular flexibility index (Phi) is 4.00. The van der Waals surface area contributed by atoms with Crippen LogP contribution < -0.4 is 5.56 Å². The van der Waals surface area contributed by atoms with Crippen LogP contribution in [0.3, 0.4) is 0 Å². The SMILES string of the molecule is C=Cc1cc(C2CCN(C=O)CC2)c(=O)[nH]c1C=C. The van der Waals surface area contributed by atoms with Crippen molar-refractivity contribution in [2.75, 3.05) is 13.1 Å². The number of nitrogens with zero attached hydrogens (tertiary/aromatic N) is 1. The van der Waals surface area contributed by atoms with Crippen LogP contribution in [0.5, 0.6) is 0 Å². The van der Waals surface area contributed by atoms with E-state index in [2.05, 4.69) is 18.1 Å². The van der Waals surface area contributed by atoms with E-state index in [1.165, 1.54) is 0 Å². The summed E-state index contributed by atoms with van der Waals surface area (Å²) < 4.78 is 0. The summed E-state index contributed by atoms with van der Waals surface area (Å²) in [5.41, 5.74) is 2.31. The van der Waals surface area contributed by atoms with Crippen molar-refractivity contribution < 1.29 is 4.79 Å². The molecule has 1 aromatic heterocycles. The van der Waals surface area contributed by atoms with Gasteiger partial charge in [0, 0.05) is 24.3 Å². The average molecular weight is 258 g/mol. The number of H-pyrrole nitrogens is 1. The molecule has 1 fully saturated rings. The second-order valence-electron chi connectivity index (χ2n) is 4.75. The first-order valence-corrected chi connectivity index (χ1v) is 6.41. The third-order valence-corrected chi connectivity index (χ3v) is 3.67. The Balaban J connectivity index is 2.30. The molecule has 2 heterocycles. The van der Waals surface area contributed by atoms with Crippen LogP contribution in [-0.4, -0.2) is 29.4 Å². The van der Waals surface area contributed by atoms with Crippen molar-refractivity contribution in [3.8, 4) is 0 Å². The van der Waals surface area contributed by atoms with Gasteiger partial charge < -0.3 is 9.88 Å². The number of hydrogen-bond acceptors (Lipinski definition) is 2. The van der Waals surface area contributed by atoms with Crippen LogP contribution >= 0.6 is 0 Å². The second kappa shape index (κ2) is 5.69. The molecule has 1 aromatic rings. The van der Waals surface area contributed by atoms with Crippen LogP contribution in [0.25, 0.3) is 12.2 Å². The fourth-order valence-corrected chi connectivity index (χ4v) is 2.53. The Bertz CT molecular complexity index is 552. The number of carbonyl (C=O) groups excluding carboxylic acids is 1. The Hall–Kier alpha value is -2.10. The smallest absolute Gasteiger partial charge is 0.251 e. The zero-order valence-corrected chi connectivity index (χ0v) is 10.9. The lowest BCUT2D eigenvalue weighted by Gasteiger charge is -2.29. The molecule has 0 radical (unpaired) electrons. The minimum Gasteiger partial charge on any atom is -0.345 e. The maximum absolute atomic E-state index is 12.1. The number of amides is 1. The fourth-order valence-electron chi connectivity index (χ4n) is 2.53. The molecule has 0 aromatic carbocycles. The number of rotatable bonds is 4. The predicted molar refractivity (Wildman–Crippen MR) is 76.9 cm³/mol. The van der Waals surface area contributed by atoms with E-state index in [9.17, 15) is 9.59 Å². The van der Waals surface area contributed by atoms with Gasteiger partial charge in [0.05, 0.1) is 0 Å². The van der Waals surface area contributed by atoms with E-state index in [4.69, 9.17) is 0 Å². The number of aromatic nitrogens is 1. The Labute approximate surface area is 112 Å². The maximum atomic E-state index is 12.1. The first kappa shape index (κ1) is 13.3. The zero-order chi connectivity index (χ0) is 13.8. The van der Waals surface area contributed by atoms with Crippen molar-refractivity contribution >= 4 is 18.6 Å². The van der Waals surface area contributed by atoms with Crippen LogP contribution in [0, 0.1) is 0 Å². The topological polar surface area (TPSA) is 53.2 Å². The number of piperidine rings is 1. The molecule has 0 spiro atoms. The molecule has 2 rings (SSSR count). The number of likely N-dealkylation sites (tertiary alicyclic amines) is 1. The summed E-state index contributed by atoms with van der Waals surface area (Å²) >= 11 is 0. The molecule has 0 unspecified atom stereocenters. The molecule has 4 heteroatoms. The molecule has 4 nitrogen and oxygen atoms in total. The molecule has 0 aliphatic carbocycles. The standard InChI is InChI=1S/C15H18N2O2/c1-3-11-9-13(15(19)16-14(11)4-2)12-5-7-17(10-18)8-6-12/h3-4,9-10,12H,1-2,5-8H2,(H,16,19). The summed E-state index contributed by atoms with van der Waals surface area (Å²) in [5.74, 6) is 0.206. The largest absolute Gasteiger partial charge is 0.345 e. The minimum absolute atomic E-state index is 0.0648. The highest BCUT2D eigenvalue weighted by Crippen LogP contribution is 2.26. The maximum Gasteiger partial charge on any atom is 0.251 e. The van der Waals surface area contributed by atoms with Gasteiger partial charge >= 0.3 is 0 Å². The highest BCUT2D eigenvalue weighted by Gasteiger charge is 2.22. The van der Waals surface area contributed by atoms with E-state index < -0.39 is 0 Å². The van der Waals surface area contributed by atoms with E-state index in [1.54, 1.807) is 17.1 Å². The molecule has 0 bridgehead atoms. The Morgan fingerprint density at radius 3 is 2.47 bits per heavy atom. The van der Waals surface area contributed by atoms with Gasteiger partial charge in [0.15, 0.2) is 0 Å². The van der Waals surface area contributed by atoms with Crippen LogP contribution in [0.2, 0.25) is 0 Å². The van der Waals surface area contributed by atoms with E-state index in [0.717, 1.165) is 30.4 Å².